The summed E-state index contributed by atoms with van der Waals surface area (Å²) >= 11 is 6.32. The number of benzene rings is 2. The highest BCUT2D eigenvalue weighted by molar-refractivity contribution is 6.31. The molecule has 0 aliphatic carbocycles. The second-order valence-electron chi connectivity index (χ2n) is 5.13. The molecule has 5 heteroatoms. The Morgan fingerprint density at radius 2 is 1.82 bits per heavy atom. The van der Waals surface area contributed by atoms with Gasteiger partial charge in [-0.05, 0) is 29.7 Å². The summed E-state index contributed by atoms with van der Waals surface area (Å²) in [4.78, 5) is 12.2. The molecule has 4 nitrogen and oxygen atoms in total. The summed E-state index contributed by atoms with van der Waals surface area (Å²) < 4.78 is 10.5. The monoisotopic (exact) mass is 317 g/mol. The molecule has 1 amide bonds. The van der Waals surface area contributed by atoms with Gasteiger partial charge in [-0.25, -0.2) is 0 Å². The molecule has 0 saturated heterocycles. The first-order valence-electron chi connectivity index (χ1n) is 6.94. The lowest BCUT2D eigenvalue weighted by Crippen LogP contribution is -2.14. The fourth-order valence-electron chi connectivity index (χ4n) is 2.75. The molecule has 0 aromatic heterocycles. The van der Waals surface area contributed by atoms with Crippen molar-refractivity contribution in [2.45, 2.75) is 12.3 Å². The predicted octanol–water partition coefficient (Wildman–Crippen LogP) is 3.64. The number of fused-ring (bicyclic) bond motifs is 1. The van der Waals surface area contributed by atoms with Crippen LogP contribution in [-0.2, 0) is 11.2 Å². The number of hydrogen-bond donors (Lipinski definition) is 1. The first-order chi connectivity index (χ1) is 10.6. The van der Waals surface area contributed by atoms with Gasteiger partial charge in [-0.3, -0.25) is 4.79 Å². The third kappa shape index (κ3) is 2.50. The number of carbonyl (C=O) groups excluding carboxylic acids is 1. The van der Waals surface area contributed by atoms with Gasteiger partial charge < -0.3 is 14.8 Å². The van der Waals surface area contributed by atoms with Crippen molar-refractivity contribution < 1.29 is 14.3 Å². The maximum atomic E-state index is 12.2. The van der Waals surface area contributed by atoms with Gasteiger partial charge in [0.15, 0.2) is 11.5 Å². The number of methoxy groups -OCH3 is 2. The highest BCUT2D eigenvalue weighted by Gasteiger charge is 2.31. The van der Waals surface area contributed by atoms with Crippen LogP contribution in [0.25, 0.3) is 0 Å². The van der Waals surface area contributed by atoms with E-state index in [9.17, 15) is 4.79 Å². The van der Waals surface area contributed by atoms with Gasteiger partial charge in [0.2, 0.25) is 5.91 Å². The second-order valence-corrected chi connectivity index (χ2v) is 5.54. The molecule has 0 radical (unpaired) electrons. The Labute approximate surface area is 134 Å². The molecule has 0 spiro atoms. The van der Waals surface area contributed by atoms with Crippen molar-refractivity contribution in [2.24, 2.45) is 0 Å². The minimum atomic E-state index is -0.244. The maximum absolute atomic E-state index is 12.2. The van der Waals surface area contributed by atoms with Gasteiger partial charge in [-0.1, -0.05) is 29.8 Å². The van der Waals surface area contributed by atoms with E-state index in [0.717, 1.165) is 16.8 Å². The van der Waals surface area contributed by atoms with Crippen LogP contribution in [0.5, 0.6) is 11.5 Å². The third-order valence-electron chi connectivity index (χ3n) is 3.89. The van der Waals surface area contributed by atoms with E-state index < -0.39 is 0 Å². The van der Waals surface area contributed by atoms with Crippen LogP contribution >= 0.6 is 11.6 Å². The second kappa shape index (κ2) is 5.89. The van der Waals surface area contributed by atoms with Crippen LogP contribution in [0.3, 0.4) is 0 Å². The van der Waals surface area contributed by atoms with Gasteiger partial charge >= 0.3 is 0 Å². The molecule has 0 fully saturated rings. The standard InChI is InChI=1S/C17H16ClNO3/c1-21-15-8-10(13(18)9-16(15)22-2)7-12-11-5-3-4-6-14(11)19-17(12)20/h3-6,8-9,12H,7H2,1-2H3,(H,19,20)/t12-/m0/s1. The molecule has 1 N–H and O–H groups in total. The summed E-state index contributed by atoms with van der Waals surface area (Å²) in [6, 6.07) is 11.3. The van der Waals surface area contributed by atoms with E-state index in [1.807, 2.05) is 30.3 Å². The van der Waals surface area contributed by atoms with Crippen molar-refractivity contribution in [3.8, 4) is 11.5 Å². The van der Waals surface area contributed by atoms with E-state index in [2.05, 4.69) is 5.32 Å². The van der Waals surface area contributed by atoms with Gasteiger partial charge in [-0.2, -0.15) is 0 Å². The lowest BCUT2D eigenvalue weighted by molar-refractivity contribution is -0.117. The molecular weight excluding hydrogens is 302 g/mol. The molecule has 3 rings (SSSR count). The Balaban J connectivity index is 1.95. The number of para-hydroxylation sites is 1. The van der Waals surface area contributed by atoms with Crippen molar-refractivity contribution in [2.75, 3.05) is 19.5 Å². The summed E-state index contributed by atoms with van der Waals surface area (Å²) in [5, 5.41) is 3.47. The Morgan fingerprint density at radius 3 is 2.55 bits per heavy atom. The molecule has 2 aromatic carbocycles. The van der Waals surface area contributed by atoms with E-state index in [0.29, 0.717) is 22.9 Å². The Morgan fingerprint density at radius 1 is 1.14 bits per heavy atom. The van der Waals surface area contributed by atoms with Crippen molar-refractivity contribution >= 4 is 23.2 Å². The van der Waals surface area contributed by atoms with Crippen molar-refractivity contribution in [1.29, 1.82) is 0 Å². The number of nitrogens with one attached hydrogen (secondary N) is 1. The van der Waals surface area contributed by atoms with E-state index >= 15 is 0 Å². The smallest absolute Gasteiger partial charge is 0.232 e. The molecule has 1 aliphatic rings. The Bertz CT molecular complexity index is 730. The van der Waals surface area contributed by atoms with Crippen LogP contribution in [0.2, 0.25) is 5.02 Å². The highest BCUT2D eigenvalue weighted by Crippen LogP contribution is 2.39. The van der Waals surface area contributed by atoms with E-state index in [1.165, 1.54) is 0 Å². The van der Waals surface area contributed by atoms with Gasteiger partial charge in [-0.15, -0.1) is 0 Å². The summed E-state index contributed by atoms with van der Waals surface area (Å²) in [7, 11) is 3.14. The minimum absolute atomic E-state index is 0.00736. The average molecular weight is 318 g/mol. The summed E-state index contributed by atoms with van der Waals surface area (Å²) in [6.07, 6.45) is 0.516. The van der Waals surface area contributed by atoms with Crippen molar-refractivity contribution in [1.82, 2.24) is 0 Å². The van der Waals surface area contributed by atoms with Gasteiger partial charge in [0.1, 0.15) is 0 Å². The quantitative estimate of drug-likeness (QED) is 0.936. The van der Waals surface area contributed by atoms with Gasteiger partial charge in [0.05, 0.1) is 20.1 Å². The van der Waals surface area contributed by atoms with E-state index in [-0.39, 0.29) is 11.8 Å². The zero-order valence-electron chi connectivity index (χ0n) is 12.4. The number of halogens is 1. The Hall–Kier alpha value is -2.20. The molecule has 1 atom stereocenters. The Kier molecular flexibility index (Phi) is 3.94. The van der Waals surface area contributed by atoms with Crippen LogP contribution in [0.1, 0.15) is 17.0 Å². The molecule has 0 saturated carbocycles. The van der Waals surface area contributed by atoms with Crippen molar-refractivity contribution in [3.05, 3.63) is 52.5 Å². The van der Waals surface area contributed by atoms with Crippen LogP contribution in [0.15, 0.2) is 36.4 Å². The largest absolute Gasteiger partial charge is 0.493 e. The molecule has 2 aromatic rings. The average Bonchev–Trinajstić information content (AvgIpc) is 2.84. The van der Waals surface area contributed by atoms with E-state index in [4.69, 9.17) is 21.1 Å². The highest BCUT2D eigenvalue weighted by atomic mass is 35.5. The van der Waals surface area contributed by atoms with Gasteiger partial charge in [0.25, 0.3) is 0 Å². The molecule has 114 valence electrons. The van der Waals surface area contributed by atoms with Crippen LogP contribution in [0.4, 0.5) is 5.69 Å². The fraction of sp³-hybridized carbons (Fsp3) is 0.235. The zero-order chi connectivity index (χ0) is 15.7. The fourth-order valence-corrected chi connectivity index (χ4v) is 2.98. The van der Waals surface area contributed by atoms with Crippen LogP contribution in [-0.4, -0.2) is 20.1 Å². The number of carbonyl (C=O) groups is 1. The molecule has 0 unspecified atom stereocenters. The molecule has 1 aliphatic heterocycles. The molecule has 1 heterocycles. The lowest BCUT2D eigenvalue weighted by Gasteiger charge is -2.14. The topological polar surface area (TPSA) is 47.6 Å². The number of rotatable bonds is 4. The minimum Gasteiger partial charge on any atom is -0.493 e. The third-order valence-corrected chi connectivity index (χ3v) is 4.24. The maximum Gasteiger partial charge on any atom is 0.232 e. The van der Waals surface area contributed by atoms with E-state index in [1.54, 1.807) is 20.3 Å². The SMILES string of the molecule is COc1cc(Cl)c(C[C@@H]2C(=O)Nc3ccccc32)cc1OC. The molecule has 22 heavy (non-hydrogen) atoms. The number of ether oxygens (including phenoxy) is 2. The first-order valence-corrected chi connectivity index (χ1v) is 7.32. The zero-order valence-corrected chi connectivity index (χ0v) is 13.1. The summed E-state index contributed by atoms with van der Waals surface area (Å²) in [5.74, 6) is 0.931. The normalized spacial score (nSPS) is 16.1. The summed E-state index contributed by atoms with van der Waals surface area (Å²) in [5.41, 5.74) is 2.73. The van der Waals surface area contributed by atoms with Crippen LogP contribution in [0, 0.1) is 0 Å². The summed E-state index contributed by atoms with van der Waals surface area (Å²) in [6.45, 7) is 0. The number of amides is 1. The predicted molar refractivity (Wildman–Crippen MR) is 86.1 cm³/mol. The van der Waals surface area contributed by atoms with Gasteiger partial charge in [0, 0.05) is 16.8 Å². The first kappa shape index (κ1) is 14.7. The van der Waals surface area contributed by atoms with Crippen LogP contribution < -0.4 is 14.8 Å². The molecular formula is C17H16ClNO3. The number of anilines is 1. The van der Waals surface area contributed by atoms with Crippen molar-refractivity contribution in [3.63, 3.8) is 0 Å². The number of hydrogen-bond acceptors (Lipinski definition) is 3. The molecule has 0 bridgehead atoms. The lowest BCUT2D eigenvalue weighted by atomic mass is 9.93.